The van der Waals surface area contributed by atoms with Gasteiger partial charge in [0.15, 0.2) is 0 Å². The monoisotopic (exact) mass is 1070 g/mol. The number of hydrogen-bond acceptors (Lipinski definition) is 15. The second-order valence-electron chi connectivity index (χ2n) is 20.2. The number of nitrogens with one attached hydrogen (secondary N) is 3. The summed E-state index contributed by atoms with van der Waals surface area (Å²) in [5, 5.41) is 39.6. The number of halogens is 1. The van der Waals surface area contributed by atoms with Crippen LogP contribution in [0.3, 0.4) is 0 Å². The summed E-state index contributed by atoms with van der Waals surface area (Å²) in [7, 11) is -1.89. The van der Waals surface area contributed by atoms with Gasteiger partial charge in [-0.3, -0.25) is 34.8 Å². The average Bonchev–Trinajstić information content (AvgIpc) is 3.50. The van der Waals surface area contributed by atoms with E-state index < -0.39 is 54.3 Å². The molecule has 400 valence electrons. The molecule has 0 aliphatic carbocycles. The fourth-order valence-electron chi connectivity index (χ4n) is 7.09. The molecule has 75 heavy (non-hydrogen) atoms. The molecule has 2 aliphatic rings. The number of aliphatic hydroxyl groups excluding tert-OH is 1. The van der Waals surface area contributed by atoms with Crippen molar-refractivity contribution in [3.63, 3.8) is 0 Å². The largest absolute Gasteiger partial charge is 1.00 e. The van der Waals surface area contributed by atoms with E-state index in [1.54, 1.807) is 61.5 Å². The van der Waals surface area contributed by atoms with Gasteiger partial charge in [-0.2, -0.15) is 0 Å². The van der Waals surface area contributed by atoms with Gasteiger partial charge in [0.2, 0.25) is 0 Å². The van der Waals surface area contributed by atoms with Crippen LogP contribution in [0.5, 0.6) is 0 Å². The molecule has 4 aromatic rings. The van der Waals surface area contributed by atoms with Gasteiger partial charge in [0.05, 0.1) is 28.5 Å². The van der Waals surface area contributed by atoms with Crippen molar-refractivity contribution >= 4 is 79.0 Å². The molecule has 4 aromatic carbocycles. The van der Waals surface area contributed by atoms with Crippen LogP contribution < -0.4 is 61.4 Å². The maximum atomic E-state index is 13.4. The number of fused-ring (bicyclic) bond motifs is 1. The predicted molar refractivity (Wildman–Crippen MR) is 283 cm³/mol. The second kappa shape index (κ2) is 29.2. The number of aliphatic hydroxyl groups is 1. The molecule has 0 spiro atoms. The van der Waals surface area contributed by atoms with Crippen molar-refractivity contribution in [2.45, 2.75) is 133 Å². The Hall–Kier alpha value is -5.45. The molecule has 2 heterocycles. The van der Waals surface area contributed by atoms with Crippen molar-refractivity contribution in [2.24, 2.45) is 5.16 Å². The number of aliphatic carboxylic acids is 1. The summed E-state index contributed by atoms with van der Waals surface area (Å²) in [5.41, 5.74) is 10.4. The van der Waals surface area contributed by atoms with Gasteiger partial charge in [0.25, 0.3) is 23.6 Å². The molecule has 2 aliphatic heterocycles. The van der Waals surface area contributed by atoms with E-state index in [-0.39, 0.29) is 53.5 Å². The van der Waals surface area contributed by atoms with Crippen molar-refractivity contribution < 1.29 is 92.8 Å². The first-order valence-electron chi connectivity index (χ1n) is 23.4. The molecule has 0 bridgehead atoms. The summed E-state index contributed by atoms with van der Waals surface area (Å²) < 4.78 is 16.9. The Morgan fingerprint density at radius 3 is 1.40 bits per heavy atom. The van der Waals surface area contributed by atoms with E-state index in [2.05, 4.69) is 27.8 Å². The van der Waals surface area contributed by atoms with Crippen molar-refractivity contribution in [1.29, 1.82) is 0 Å². The van der Waals surface area contributed by atoms with Gasteiger partial charge in [-0.15, -0.1) is 10.2 Å². The Morgan fingerprint density at radius 1 is 0.707 bits per heavy atom. The predicted octanol–water partition coefficient (Wildman–Crippen LogP) is 1.82. The van der Waals surface area contributed by atoms with E-state index in [4.69, 9.17) is 34.3 Å². The van der Waals surface area contributed by atoms with Crippen LogP contribution in [0.25, 0.3) is 0 Å². The molecular formula is C52H70B2ClN6NaO13. The van der Waals surface area contributed by atoms with Crippen LogP contribution in [0.2, 0.25) is 0 Å². The molecule has 0 atom stereocenters. The number of carboxylic acid groups (broad SMARTS) is 1. The van der Waals surface area contributed by atoms with Crippen molar-refractivity contribution in [3.05, 3.63) is 128 Å². The van der Waals surface area contributed by atoms with Crippen LogP contribution in [0.4, 0.5) is 0 Å². The Balaban J connectivity index is 0.000000636. The topological polar surface area (TPSA) is 269 Å². The molecule has 4 amide bonds. The first kappa shape index (κ1) is 67.6. The number of hydrazine groups is 2. The summed E-state index contributed by atoms with van der Waals surface area (Å²) in [6.07, 6.45) is 2.11. The van der Waals surface area contributed by atoms with Crippen molar-refractivity contribution in [3.8, 4) is 0 Å². The molecule has 1 fully saturated rings. The minimum absolute atomic E-state index is 0. The number of rotatable bonds is 6. The van der Waals surface area contributed by atoms with Crippen LogP contribution in [0, 0.1) is 27.7 Å². The third kappa shape index (κ3) is 19.9. The molecule has 0 aromatic heterocycles. The van der Waals surface area contributed by atoms with Crippen molar-refractivity contribution in [1.82, 2.24) is 25.9 Å². The van der Waals surface area contributed by atoms with Gasteiger partial charge >= 0.3 is 43.8 Å². The molecule has 19 nitrogen and oxygen atoms in total. The second-order valence-corrected chi connectivity index (χ2v) is 20.4. The number of carbonyl (C=O) groups excluding carboxylic acids is 6. The molecular weight excluding hydrogens is 997 g/mol. The van der Waals surface area contributed by atoms with E-state index >= 15 is 0 Å². The number of amides is 4. The maximum absolute atomic E-state index is 13.4. The Kier molecular flexibility index (Phi) is 26.3. The average molecular weight is 1070 g/mol. The summed E-state index contributed by atoms with van der Waals surface area (Å²) >= 11 is 4.30. The van der Waals surface area contributed by atoms with E-state index in [0.29, 0.717) is 45.0 Å². The fourth-order valence-corrected chi connectivity index (χ4v) is 7.09. The Labute approximate surface area is 468 Å². The van der Waals surface area contributed by atoms with Gasteiger partial charge in [0, 0.05) is 57.6 Å². The van der Waals surface area contributed by atoms with Gasteiger partial charge in [-0.25, -0.2) is 10.0 Å². The zero-order valence-corrected chi connectivity index (χ0v) is 48.8. The first-order valence-corrected chi connectivity index (χ1v) is 23.8. The molecule has 6 rings (SSSR count). The summed E-state index contributed by atoms with van der Waals surface area (Å²) in [5.74, 6) is -2.63. The molecule has 0 unspecified atom stereocenters. The Morgan fingerprint density at radius 2 is 1.05 bits per heavy atom. The summed E-state index contributed by atoms with van der Waals surface area (Å²) in [4.78, 5) is 74.7. The quantitative estimate of drug-likeness (QED) is 0.0697. The van der Waals surface area contributed by atoms with Crippen LogP contribution in [-0.2, 0) is 18.9 Å². The molecule has 1 saturated heterocycles. The van der Waals surface area contributed by atoms with Gasteiger partial charge < -0.3 is 39.3 Å². The molecule has 0 saturated carbocycles. The number of aldehydes is 1. The van der Waals surface area contributed by atoms with Gasteiger partial charge in [-0.1, -0.05) is 46.5 Å². The Bertz CT molecular complexity index is 2620. The fraction of sp³-hybridized carbons (Fsp3) is 0.404. The van der Waals surface area contributed by atoms with Gasteiger partial charge in [-0.05, 0) is 170 Å². The number of benzene rings is 4. The van der Waals surface area contributed by atoms with E-state index in [0.717, 1.165) is 29.2 Å². The molecule has 6 N–H and O–H groups in total. The zero-order valence-electron chi connectivity index (χ0n) is 46.1. The van der Waals surface area contributed by atoms with Crippen LogP contribution in [0.15, 0.2) is 78.0 Å². The summed E-state index contributed by atoms with van der Waals surface area (Å²) in [6.45, 7) is 29.4. The normalized spacial score (nSPS) is 13.5. The number of carboxylic acids is 1. The molecule has 23 heteroatoms. The van der Waals surface area contributed by atoms with E-state index in [9.17, 15) is 29.0 Å². The van der Waals surface area contributed by atoms with Crippen LogP contribution in [-0.4, -0.2) is 111 Å². The van der Waals surface area contributed by atoms with E-state index in [1.807, 2.05) is 109 Å². The maximum Gasteiger partial charge on any atom is 1.00 e. The number of nitrogens with zero attached hydrogens (tertiary/aromatic N) is 3. The number of oxime groups is 1. The number of hydrogen-bond donors (Lipinski definition) is 6. The number of aryl methyl sites for hydroxylation is 4. The van der Waals surface area contributed by atoms with Crippen LogP contribution >= 0.6 is 11.8 Å². The van der Waals surface area contributed by atoms with Crippen LogP contribution in [0.1, 0.15) is 163 Å². The summed E-state index contributed by atoms with van der Waals surface area (Å²) in [6, 6.07) is 20.7. The number of carbonyl (C=O) groups is 6. The zero-order chi connectivity index (χ0) is 56.7. The molecule has 0 radical (unpaired) electrons. The third-order valence-electron chi connectivity index (χ3n) is 11.1. The SMILES string of the molecule is CC(=O)[O-].CCO.Cc1cc(C)cc(C(=O)N(NC(=O)c2ccc(B3OC(C)(C)C(C)(C)O3)c(C=O)c2)C(C)(C)C)c1.Cc1cc(C)cc(C(=O)N(NC(=O)c2ccc3c(c2)C=NOB3O)C(C)(C)C)c1.ONCl.[Na+]. The minimum Gasteiger partial charge on any atom is -0.550 e. The van der Waals surface area contributed by atoms with E-state index in [1.165, 1.54) is 27.3 Å². The first-order chi connectivity index (χ1) is 34.2. The third-order valence-corrected chi connectivity index (χ3v) is 11.1. The van der Waals surface area contributed by atoms with Crippen molar-refractivity contribution in [2.75, 3.05) is 6.61 Å². The smallest absolute Gasteiger partial charge is 0.550 e. The standard InChI is InChI=1S/C27H35BN2O5.C21H24BN3O4.C2H4O2.C2H6O.ClH2NO.Na/c1-17-12-18(2)14-20(13-17)24(33)30(25(3,4)5)29-23(32)19-10-11-22(21(15-19)16-31)28-34-26(6,7)27(8,9)35-28;1-13-8-14(2)10-16(9-13)20(27)25(21(3,4)5)24-19(26)15-6-7-18-17(11-15)12-23-29-22(18)28;1-2(3)4;2*1-2-3;/h10-16H,1-9H3,(H,29,32);6-12,28H,1-5H3,(H,24,26);1H3,(H,3,4);3H,2H2,1H3;2-3H;/q;;;;;+1/p-1. The van der Waals surface area contributed by atoms with Gasteiger partial charge in [0.1, 0.15) is 6.29 Å². The minimum atomic E-state index is -1.16.